The van der Waals surface area contributed by atoms with Gasteiger partial charge in [-0.2, -0.15) is 5.26 Å². The molecule has 1 saturated heterocycles. The summed E-state index contributed by atoms with van der Waals surface area (Å²) in [5.41, 5.74) is 0.568. The maximum absolute atomic E-state index is 12.1. The number of nitrogens with zero attached hydrogens (tertiary/aromatic N) is 3. The zero-order valence-corrected chi connectivity index (χ0v) is 17.0. The number of fused-ring (bicyclic) bond motifs is 1. The van der Waals surface area contributed by atoms with E-state index in [-0.39, 0.29) is 6.61 Å². The Bertz CT molecular complexity index is 1120. The number of ether oxygens (including phenoxy) is 1. The van der Waals surface area contributed by atoms with E-state index in [4.69, 9.17) is 21.6 Å². The van der Waals surface area contributed by atoms with Gasteiger partial charge in [0.1, 0.15) is 17.8 Å². The Hall–Kier alpha value is -3.30. The predicted molar refractivity (Wildman–Crippen MR) is 115 cm³/mol. The highest BCUT2D eigenvalue weighted by molar-refractivity contribution is 6.37. The number of pyridine rings is 1. The number of carboxylic acids is 1. The molecule has 1 fully saturated rings. The van der Waals surface area contributed by atoms with E-state index in [2.05, 4.69) is 16.0 Å². The molecule has 0 saturated carbocycles. The number of carbonyl (C=O) groups is 1. The molecule has 1 aliphatic rings. The molecule has 0 amide bonds. The van der Waals surface area contributed by atoms with Crippen molar-refractivity contribution in [3.63, 3.8) is 0 Å². The van der Waals surface area contributed by atoms with Gasteiger partial charge in [-0.05, 0) is 48.6 Å². The number of aromatic nitrogens is 1. The molecule has 30 heavy (non-hydrogen) atoms. The Morgan fingerprint density at radius 1 is 1.20 bits per heavy atom. The van der Waals surface area contributed by atoms with Crippen molar-refractivity contribution < 1.29 is 14.6 Å². The molecule has 3 aromatic rings. The largest absolute Gasteiger partial charge is 0.491 e. The summed E-state index contributed by atoms with van der Waals surface area (Å²) in [5, 5.41) is 21.1. The van der Waals surface area contributed by atoms with Crippen LogP contribution in [0.2, 0.25) is 5.02 Å². The summed E-state index contributed by atoms with van der Waals surface area (Å²) in [5.74, 6) is -0.433. The van der Waals surface area contributed by atoms with Gasteiger partial charge in [-0.25, -0.2) is 0 Å². The molecule has 1 aliphatic heterocycles. The van der Waals surface area contributed by atoms with Crippen molar-refractivity contribution in [2.45, 2.75) is 12.8 Å². The van der Waals surface area contributed by atoms with E-state index in [1.165, 1.54) is 0 Å². The number of aliphatic carboxylic acids is 1. The minimum Gasteiger partial charge on any atom is -0.491 e. The van der Waals surface area contributed by atoms with Crippen LogP contribution < -0.4 is 9.64 Å². The van der Waals surface area contributed by atoms with Gasteiger partial charge in [-0.1, -0.05) is 23.7 Å². The lowest BCUT2D eigenvalue weighted by atomic mass is 9.79. The lowest BCUT2D eigenvalue weighted by molar-refractivity contribution is -0.152. The summed E-state index contributed by atoms with van der Waals surface area (Å²) in [6, 6.07) is 14.8. The molecule has 2 heterocycles. The molecule has 0 bridgehead atoms. The summed E-state index contributed by atoms with van der Waals surface area (Å²) in [6.07, 6.45) is 4.40. The molecule has 6 nitrogen and oxygen atoms in total. The number of halogens is 1. The van der Waals surface area contributed by atoms with Crippen LogP contribution in [0.15, 0.2) is 54.9 Å². The second-order valence-corrected chi connectivity index (χ2v) is 7.87. The molecular weight excluding hydrogens is 402 g/mol. The zero-order valence-electron chi connectivity index (χ0n) is 16.2. The van der Waals surface area contributed by atoms with E-state index in [1.54, 1.807) is 30.6 Å². The predicted octanol–water partition coefficient (Wildman–Crippen LogP) is 4.51. The third-order valence-electron chi connectivity index (χ3n) is 5.76. The van der Waals surface area contributed by atoms with Gasteiger partial charge in [0.05, 0.1) is 16.7 Å². The van der Waals surface area contributed by atoms with Crippen LogP contribution in [0.3, 0.4) is 0 Å². The Morgan fingerprint density at radius 2 is 1.90 bits per heavy atom. The van der Waals surface area contributed by atoms with Crippen molar-refractivity contribution in [3.05, 3.63) is 65.4 Å². The molecule has 0 unspecified atom stereocenters. The normalized spacial score (nSPS) is 15.5. The smallest absolute Gasteiger partial charge is 0.313 e. The fourth-order valence-electron chi connectivity index (χ4n) is 3.83. The van der Waals surface area contributed by atoms with Crippen molar-refractivity contribution in [2.24, 2.45) is 5.41 Å². The Labute approximate surface area is 179 Å². The van der Waals surface area contributed by atoms with Gasteiger partial charge in [0.15, 0.2) is 0 Å². The van der Waals surface area contributed by atoms with E-state index in [0.717, 1.165) is 11.1 Å². The van der Waals surface area contributed by atoms with Gasteiger partial charge in [0, 0.05) is 36.6 Å². The standard InChI is InChI=1S/C23H20ClN3O3/c24-21-19-13-16(14-25)1-2-17(19)3-4-20(21)30-15-23(22(28)29)7-11-27(12-8-23)18-5-9-26-10-6-18/h1-6,9-10,13H,7-8,11-12,15H2,(H,28,29). The fourth-order valence-corrected chi connectivity index (χ4v) is 4.11. The molecule has 0 spiro atoms. The third kappa shape index (κ3) is 3.77. The monoisotopic (exact) mass is 421 g/mol. The van der Waals surface area contributed by atoms with Gasteiger partial charge in [-0.15, -0.1) is 0 Å². The summed E-state index contributed by atoms with van der Waals surface area (Å²) >= 11 is 6.52. The summed E-state index contributed by atoms with van der Waals surface area (Å²) in [6.45, 7) is 1.28. The molecule has 1 N–H and O–H groups in total. The number of hydrogen-bond acceptors (Lipinski definition) is 5. The van der Waals surface area contributed by atoms with Gasteiger partial charge in [-0.3, -0.25) is 9.78 Å². The molecule has 0 radical (unpaired) electrons. The summed E-state index contributed by atoms with van der Waals surface area (Å²) in [4.78, 5) is 18.3. The number of rotatable bonds is 5. The highest BCUT2D eigenvalue weighted by atomic mass is 35.5. The van der Waals surface area contributed by atoms with Crippen molar-refractivity contribution in [2.75, 3.05) is 24.6 Å². The van der Waals surface area contributed by atoms with Crippen LogP contribution in [0.5, 0.6) is 5.75 Å². The maximum Gasteiger partial charge on any atom is 0.313 e. The third-order valence-corrected chi connectivity index (χ3v) is 6.15. The number of carboxylic acid groups (broad SMARTS) is 1. The second kappa shape index (κ2) is 8.21. The van der Waals surface area contributed by atoms with Crippen molar-refractivity contribution in [1.29, 1.82) is 5.26 Å². The van der Waals surface area contributed by atoms with Crippen LogP contribution in [0.4, 0.5) is 5.69 Å². The molecular formula is C23H20ClN3O3. The van der Waals surface area contributed by atoms with Crippen LogP contribution in [0.1, 0.15) is 18.4 Å². The average Bonchev–Trinajstić information content (AvgIpc) is 2.79. The molecule has 152 valence electrons. The fraction of sp³-hybridized carbons (Fsp3) is 0.261. The van der Waals surface area contributed by atoms with Crippen LogP contribution >= 0.6 is 11.6 Å². The second-order valence-electron chi connectivity index (χ2n) is 7.49. The molecule has 7 heteroatoms. The molecule has 4 rings (SSSR count). The lowest BCUT2D eigenvalue weighted by Crippen LogP contribution is -2.47. The zero-order chi connectivity index (χ0) is 21.1. The van der Waals surface area contributed by atoms with Crippen LogP contribution in [-0.4, -0.2) is 35.8 Å². The first-order valence-corrected chi connectivity index (χ1v) is 10.0. The first kappa shape index (κ1) is 20.0. The first-order chi connectivity index (χ1) is 14.5. The minimum absolute atomic E-state index is 0.0374. The highest BCUT2D eigenvalue weighted by Crippen LogP contribution is 2.38. The minimum atomic E-state index is -0.976. The first-order valence-electron chi connectivity index (χ1n) is 9.66. The van der Waals surface area contributed by atoms with Gasteiger partial charge >= 0.3 is 5.97 Å². The van der Waals surface area contributed by atoms with E-state index in [9.17, 15) is 9.90 Å². The highest BCUT2D eigenvalue weighted by Gasteiger charge is 2.42. The van der Waals surface area contributed by atoms with E-state index in [0.29, 0.717) is 47.7 Å². The summed E-state index contributed by atoms with van der Waals surface area (Å²) < 4.78 is 5.94. The Kier molecular flexibility index (Phi) is 5.47. The maximum atomic E-state index is 12.1. The number of nitriles is 1. The Balaban J connectivity index is 1.52. The van der Waals surface area contributed by atoms with Crippen molar-refractivity contribution in [3.8, 4) is 11.8 Å². The van der Waals surface area contributed by atoms with Gasteiger partial charge in [0.25, 0.3) is 0 Å². The Morgan fingerprint density at radius 3 is 2.57 bits per heavy atom. The number of anilines is 1. The van der Waals surface area contributed by atoms with E-state index < -0.39 is 11.4 Å². The van der Waals surface area contributed by atoms with Crippen molar-refractivity contribution >= 4 is 34.0 Å². The summed E-state index contributed by atoms with van der Waals surface area (Å²) in [7, 11) is 0. The van der Waals surface area contributed by atoms with Gasteiger partial charge in [0.2, 0.25) is 0 Å². The SMILES string of the molecule is N#Cc1ccc2ccc(OCC3(C(=O)O)CCN(c4ccncc4)CC3)c(Cl)c2c1. The van der Waals surface area contributed by atoms with E-state index >= 15 is 0 Å². The quantitative estimate of drug-likeness (QED) is 0.652. The topological polar surface area (TPSA) is 86.4 Å². The van der Waals surface area contributed by atoms with E-state index in [1.807, 2.05) is 24.3 Å². The number of hydrogen-bond donors (Lipinski definition) is 1. The number of piperidine rings is 1. The van der Waals surface area contributed by atoms with Gasteiger partial charge < -0.3 is 14.7 Å². The average molecular weight is 422 g/mol. The molecule has 0 atom stereocenters. The molecule has 2 aromatic carbocycles. The van der Waals surface area contributed by atoms with Crippen LogP contribution in [0.25, 0.3) is 10.8 Å². The van der Waals surface area contributed by atoms with Crippen molar-refractivity contribution in [1.82, 2.24) is 4.98 Å². The lowest BCUT2D eigenvalue weighted by Gasteiger charge is -2.39. The molecule has 1 aromatic heterocycles. The number of benzene rings is 2. The molecule has 0 aliphatic carbocycles. The van der Waals surface area contributed by atoms with Crippen LogP contribution in [0, 0.1) is 16.7 Å². The van der Waals surface area contributed by atoms with Crippen LogP contribution in [-0.2, 0) is 4.79 Å².